The SMILES string of the molecule is CC(C)(C)OC(=O)N[C@H]1CC[C@H](N)C1.COc1ccc(CN(Cc2ccc(OC)cc2)S(=O)(=O)c2ccc3nc(N[C@H]4CC[C@H](Nc5ncc(SC)cn5)C4)sc3c2)cc1.CSc1cnc(Cl)nc1.CSc1cnc(N[C@H]2CC[C@H](N)C2)nc1.CSc1cnc(N[C@H]2CC[C@H](NC(=O)OC(C)(C)C)C2)nc1.CSc1cnc(N[C@H]2CC[C@H](Nc3nc4ccc(S(N)(=O)=O)cc4s3)C2)nc1. The zero-order valence-electron chi connectivity index (χ0n) is 77.3. The van der Waals surface area contributed by atoms with Crippen LogP contribution in [0.3, 0.4) is 0 Å². The maximum atomic E-state index is 14.2. The molecule has 0 unspecified atom stereocenters. The summed E-state index contributed by atoms with van der Waals surface area (Å²) in [7, 11) is -4.36. The van der Waals surface area contributed by atoms with Gasteiger partial charge in [0, 0.05) is 160 Å². The summed E-state index contributed by atoms with van der Waals surface area (Å²) in [5.74, 6) is 4.08. The van der Waals surface area contributed by atoms with Gasteiger partial charge in [0.05, 0.1) is 44.4 Å². The Bertz CT molecular complexity index is 5700. The molecular weight excluding hydrogens is 1900 g/mol. The molecule has 4 aromatic carbocycles. The number of ether oxygens (including phenoxy) is 4. The fourth-order valence-electron chi connectivity index (χ4n) is 15.0. The Morgan fingerprint density at radius 1 is 0.418 bits per heavy atom. The second kappa shape index (κ2) is 50.7. The first-order chi connectivity index (χ1) is 64.0. The van der Waals surface area contributed by atoms with E-state index in [0.29, 0.717) is 64.7 Å². The van der Waals surface area contributed by atoms with E-state index >= 15 is 0 Å². The van der Waals surface area contributed by atoms with Crippen LogP contribution in [0.5, 0.6) is 11.5 Å². The third-order valence-corrected chi connectivity index (χ3v) is 29.9. The number of methoxy groups -OCH3 is 2. The molecule has 34 nitrogen and oxygen atoms in total. The summed E-state index contributed by atoms with van der Waals surface area (Å²) < 4.78 is 75.5. The van der Waals surface area contributed by atoms with Crippen LogP contribution in [0.15, 0.2) is 181 Å². The number of hydrogen-bond donors (Lipinski definition) is 11. The summed E-state index contributed by atoms with van der Waals surface area (Å²) in [6.07, 6.45) is 42.0. The number of anilines is 6. The van der Waals surface area contributed by atoms with Crippen molar-refractivity contribution in [3.63, 3.8) is 0 Å². The molecular formula is C90H121ClN24O10S9. The average Bonchev–Trinajstić information content (AvgIpc) is 1.78. The molecule has 0 saturated heterocycles. The number of sulfonamides is 2. The molecule has 5 aliphatic rings. The summed E-state index contributed by atoms with van der Waals surface area (Å²) in [6, 6.07) is 27.5. The third kappa shape index (κ3) is 34.5. The number of benzene rings is 4. The minimum atomic E-state index is -3.87. The highest BCUT2D eigenvalue weighted by atomic mass is 35.5. The number of hydrogen-bond acceptors (Lipinski definition) is 37. The maximum Gasteiger partial charge on any atom is 0.407 e. The first-order valence-electron chi connectivity index (χ1n) is 43.7. The molecule has 14 N–H and O–H groups in total. The van der Waals surface area contributed by atoms with Crippen LogP contribution < -0.4 is 68.6 Å². The van der Waals surface area contributed by atoms with Crippen LogP contribution >= 0.6 is 93.1 Å². The number of primary sulfonamides is 1. The number of thiazole rings is 2. The normalized spacial score (nSPS) is 19.7. The van der Waals surface area contributed by atoms with E-state index in [1.165, 1.54) is 33.0 Å². The molecule has 0 spiro atoms. The van der Waals surface area contributed by atoms with Crippen molar-refractivity contribution in [3.05, 3.63) is 163 Å². The molecule has 134 heavy (non-hydrogen) atoms. The highest BCUT2D eigenvalue weighted by Gasteiger charge is 2.33. The largest absolute Gasteiger partial charge is 0.497 e. The monoisotopic (exact) mass is 2020 g/mol. The number of thioether (sulfide) groups is 5. The maximum absolute atomic E-state index is 14.2. The van der Waals surface area contributed by atoms with Gasteiger partial charge in [-0.15, -0.1) is 58.8 Å². The quantitative estimate of drug-likeness (QED) is 0.0160. The van der Waals surface area contributed by atoms with Gasteiger partial charge in [-0.3, -0.25) is 0 Å². The number of nitrogens with zero attached hydrogens (tertiary/aromatic N) is 13. The fraction of sp³-hybridized carbons (Fsp3) is 0.467. The van der Waals surface area contributed by atoms with Crippen LogP contribution in [-0.4, -0.2) is 210 Å². The molecule has 16 rings (SSSR count). The van der Waals surface area contributed by atoms with Gasteiger partial charge in [0.1, 0.15) is 22.7 Å². The first kappa shape index (κ1) is 105. The van der Waals surface area contributed by atoms with Crippen LogP contribution in [0.25, 0.3) is 20.4 Å². The first-order valence-corrected chi connectivity index (χ1v) is 54.8. The molecule has 10 atom stereocenters. The van der Waals surface area contributed by atoms with Gasteiger partial charge in [0.25, 0.3) is 0 Å². The second-order valence-electron chi connectivity index (χ2n) is 34.3. The Kier molecular flexibility index (Phi) is 39.8. The predicted molar refractivity (Wildman–Crippen MR) is 543 cm³/mol. The number of carbonyl (C=O) groups excluding carboxylic acids is 2. The van der Waals surface area contributed by atoms with Gasteiger partial charge in [-0.05, 0) is 253 Å². The Morgan fingerprint density at radius 2 is 0.709 bits per heavy atom. The van der Waals surface area contributed by atoms with Crippen molar-refractivity contribution in [1.29, 1.82) is 0 Å². The number of rotatable bonds is 28. The van der Waals surface area contributed by atoms with E-state index in [-0.39, 0.29) is 71.3 Å². The summed E-state index contributed by atoms with van der Waals surface area (Å²) >= 11 is 16.4. The van der Waals surface area contributed by atoms with E-state index < -0.39 is 31.2 Å². The Balaban J connectivity index is 0.000000168. The lowest BCUT2D eigenvalue weighted by Crippen LogP contribution is -2.38. The van der Waals surface area contributed by atoms with E-state index in [1.807, 2.05) is 171 Å². The van der Waals surface area contributed by atoms with Crippen molar-refractivity contribution >= 4 is 180 Å². The molecule has 11 aromatic rings. The summed E-state index contributed by atoms with van der Waals surface area (Å²) in [5, 5.41) is 33.3. The van der Waals surface area contributed by atoms with Gasteiger partial charge in [-0.2, -0.15) is 4.31 Å². The van der Waals surface area contributed by atoms with Gasteiger partial charge in [-0.25, -0.2) is 91.4 Å². The number of aromatic nitrogens is 12. The summed E-state index contributed by atoms with van der Waals surface area (Å²) in [4.78, 5) is 80.2. The van der Waals surface area contributed by atoms with Gasteiger partial charge in [0.15, 0.2) is 10.3 Å². The fourth-order valence-corrected chi connectivity index (χ4v) is 20.7. The predicted octanol–water partition coefficient (Wildman–Crippen LogP) is 17.4. The third-order valence-electron chi connectivity index (χ3n) is 21.7. The molecule has 0 bridgehead atoms. The lowest BCUT2D eigenvalue weighted by Gasteiger charge is -2.23. The van der Waals surface area contributed by atoms with Crippen LogP contribution in [0.2, 0.25) is 5.28 Å². The van der Waals surface area contributed by atoms with Crippen LogP contribution in [0, 0.1) is 0 Å². The van der Waals surface area contributed by atoms with Gasteiger partial charge < -0.3 is 72.9 Å². The van der Waals surface area contributed by atoms with E-state index in [0.717, 1.165) is 163 Å². The molecule has 0 radical (unpaired) electrons. The molecule has 5 aliphatic carbocycles. The van der Waals surface area contributed by atoms with Crippen molar-refractivity contribution in [1.82, 2.24) is 74.7 Å². The number of amides is 2. The van der Waals surface area contributed by atoms with E-state index in [4.69, 9.17) is 52.1 Å². The van der Waals surface area contributed by atoms with Crippen LogP contribution in [0.4, 0.5) is 43.6 Å². The van der Waals surface area contributed by atoms with Crippen molar-refractivity contribution in [2.75, 3.05) is 77.4 Å². The van der Waals surface area contributed by atoms with Crippen molar-refractivity contribution < 1.29 is 45.4 Å². The average molecular weight is 2020 g/mol. The van der Waals surface area contributed by atoms with E-state index in [1.54, 1.807) is 116 Å². The Morgan fingerprint density at radius 3 is 1.03 bits per heavy atom. The lowest BCUT2D eigenvalue weighted by molar-refractivity contribution is 0.0493. The van der Waals surface area contributed by atoms with Gasteiger partial charge in [0.2, 0.25) is 49.1 Å². The minimum absolute atomic E-state index is 0.104. The molecule has 5 saturated carbocycles. The number of alkyl carbamates (subject to hydrolysis) is 2. The Hall–Kier alpha value is -9.22. The number of carbonyl (C=O) groups is 2. The molecule has 722 valence electrons. The standard InChI is InChI=1S/C33H36N6O4S3.C17H20N6O2S3.C15H24N4O2S.C10H16N4S.C10H20N2O2.C5H5ClN2S/c1-42-26-10-4-22(5-11-26)20-39(21-23-6-12-27(43-2)13-7-23)46(40,41)29-14-15-30-31(17-29)45-33(38-30)37-25-9-8-24(16-25)36-32-34-18-28(44-3)19-35-32;1-26-12-8-19-16(20-9-12)21-10-2-3-11(6-10)22-17-23-14-5-4-13(28(18,24)25)7-15(14)27-17;1-15(2,3)21-14(20)19-11-6-5-10(7-11)18-13-16-8-12(22-4)9-17-13;1-15-9-5-12-10(13-6-9)14-8-3-2-7(11)4-8;1-10(2,3)14-9(13)12-8-5-4-7(11)6-8;1-9-4-2-7-5(6)8-3-4/h4-7,10-15,17-19,24-25H,8-9,16,20-21H2,1-3H3,(H,37,38)(H,34,35,36);4-5,7-11H,2-3,6H2,1H3,(H,22,23)(H2,18,24,25)(H,19,20,21);8-11H,5-7H2,1-4H3,(H,19,20)(H,16,17,18);5-8H,2-4,11H2,1H3,(H,12,13,14);7-8H,4-6,11H2,1-3H3,(H,12,13);2-3H,1H3/t24-,25-;2*10-,11-;2*7-,8-;/m00000./s1. The van der Waals surface area contributed by atoms with Crippen LogP contribution in [-0.2, 0) is 42.6 Å². The van der Waals surface area contributed by atoms with Gasteiger partial charge >= 0.3 is 12.2 Å². The molecule has 0 aliphatic heterocycles. The summed E-state index contributed by atoms with van der Waals surface area (Å²) in [6.45, 7) is 11.6. The van der Waals surface area contributed by atoms with Crippen molar-refractivity contribution in [2.24, 2.45) is 16.6 Å². The lowest BCUT2D eigenvalue weighted by atomic mass is 10.2. The summed E-state index contributed by atoms with van der Waals surface area (Å²) in [5.41, 5.74) is 13.9. The highest BCUT2D eigenvalue weighted by Crippen LogP contribution is 2.37. The van der Waals surface area contributed by atoms with Crippen molar-refractivity contribution in [3.8, 4) is 11.5 Å². The zero-order chi connectivity index (χ0) is 96.1. The number of nitrogens with two attached hydrogens (primary N) is 3. The molecule has 5 fully saturated rings. The Labute approximate surface area is 819 Å². The minimum Gasteiger partial charge on any atom is -0.497 e. The molecule has 7 aromatic heterocycles. The number of fused-ring (bicyclic) bond motifs is 2. The smallest absolute Gasteiger partial charge is 0.407 e. The van der Waals surface area contributed by atoms with Crippen LogP contribution in [0.1, 0.15) is 149 Å². The zero-order valence-corrected chi connectivity index (χ0v) is 85.4. The molecule has 44 heteroatoms. The van der Waals surface area contributed by atoms with Crippen molar-refractivity contribution in [2.45, 2.75) is 257 Å². The molecule has 7 heterocycles. The topological polar surface area (TPSA) is 472 Å². The molecule has 2 amide bonds. The van der Waals surface area contributed by atoms with Gasteiger partial charge in [-0.1, -0.05) is 46.9 Å². The highest BCUT2D eigenvalue weighted by molar-refractivity contribution is 7.99. The number of halogens is 1. The number of nitrogens with one attached hydrogen (secondary N) is 8. The van der Waals surface area contributed by atoms with E-state index in [2.05, 4.69) is 97.4 Å². The second-order valence-corrected chi connectivity index (χ2v) is 44.6. The van der Waals surface area contributed by atoms with E-state index in [9.17, 15) is 26.4 Å².